The lowest BCUT2D eigenvalue weighted by molar-refractivity contribution is -0.384. The molecule has 1 rings (SSSR count). The zero-order valence-electron chi connectivity index (χ0n) is 11.6. The third-order valence-electron chi connectivity index (χ3n) is 2.89. The molecule has 19 heavy (non-hydrogen) atoms. The summed E-state index contributed by atoms with van der Waals surface area (Å²) in [5, 5.41) is 27.1. The van der Waals surface area contributed by atoms with Crippen molar-refractivity contribution in [2.45, 2.75) is 39.0 Å². The highest BCUT2D eigenvalue weighted by Gasteiger charge is 2.25. The van der Waals surface area contributed by atoms with Crippen molar-refractivity contribution in [3.05, 3.63) is 15.8 Å². The lowest BCUT2D eigenvalue weighted by Gasteiger charge is -2.05. The van der Waals surface area contributed by atoms with Gasteiger partial charge in [-0.15, -0.1) is 0 Å². The number of nitro groups is 1. The number of aryl methyl sites for hydroxylation is 2. The lowest BCUT2D eigenvalue weighted by Crippen LogP contribution is -2.08. The molecule has 108 valence electrons. The first kappa shape index (κ1) is 15.4. The Hall–Kier alpha value is -1.63. The molecule has 0 saturated carbocycles. The van der Waals surface area contributed by atoms with Gasteiger partial charge in [-0.3, -0.25) is 10.1 Å². The summed E-state index contributed by atoms with van der Waals surface area (Å²) in [6, 6.07) is 0. The summed E-state index contributed by atoms with van der Waals surface area (Å²) in [6.45, 7) is 2.80. The van der Waals surface area contributed by atoms with E-state index < -0.39 is 0 Å². The van der Waals surface area contributed by atoms with Gasteiger partial charge in [0.05, 0.1) is 4.92 Å². The van der Waals surface area contributed by atoms with Crippen molar-refractivity contribution in [1.29, 1.82) is 0 Å². The van der Waals surface area contributed by atoms with Crippen LogP contribution < -0.4 is 5.32 Å². The minimum absolute atomic E-state index is 0.0894. The Morgan fingerprint density at radius 1 is 1.42 bits per heavy atom. The summed E-state index contributed by atoms with van der Waals surface area (Å²) in [6.07, 6.45) is 3.96. The maximum Gasteiger partial charge on any atom is 0.333 e. The summed E-state index contributed by atoms with van der Waals surface area (Å²) in [4.78, 5) is 10.8. The van der Waals surface area contributed by atoms with Crippen LogP contribution in [0, 0.1) is 10.1 Å². The average Bonchev–Trinajstić information content (AvgIpc) is 2.66. The monoisotopic (exact) mass is 270 g/mol. The van der Waals surface area contributed by atoms with Crippen molar-refractivity contribution >= 4 is 11.5 Å². The van der Waals surface area contributed by atoms with Crippen LogP contribution in [-0.4, -0.2) is 33.0 Å². The van der Waals surface area contributed by atoms with Gasteiger partial charge in [-0.1, -0.05) is 13.3 Å². The first-order chi connectivity index (χ1) is 9.11. The smallest absolute Gasteiger partial charge is 0.333 e. The van der Waals surface area contributed by atoms with Crippen molar-refractivity contribution in [2.75, 3.05) is 18.5 Å². The van der Waals surface area contributed by atoms with Crippen LogP contribution in [0.5, 0.6) is 0 Å². The molecule has 0 fully saturated rings. The van der Waals surface area contributed by atoms with Gasteiger partial charge >= 0.3 is 5.69 Å². The first-order valence-electron chi connectivity index (χ1n) is 6.66. The van der Waals surface area contributed by atoms with Gasteiger partial charge in [0.15, 0.2) is 0 Å². The fraction of sp³-hybridized carbons (Fsp3) is 0.750. The number of rotatable bonds is 9. The van der Waals surface area contributed by atoms with E-state index in [4.69, 9.17) is 5.11 Å². The first-order valence-corrected chi connectivity index (χ1v) is 6.66. The number of unbranched alkanes of at least 4 members (excludes halogenated alkanes) is 2. The summed E-state index contributed by atoms with van der Waals surface area (Å²) < 4.78 is 1.54. The van der Waals surface area contributed by atoms with E-state index in [1.165, 1.54) is 4.68 Å². The second-order valence-corrected chi connectivity index (χ2v) is 4.49. The van der Waals surface area contributed by atoms with Crippen molar-refractivity contribution in [1.82, 2.24) is 9.78 Å². The van der Waals surface area contributed by atoms with Crippen molar-refractivity contribution in [3.8, 4) is 0 Å². The van der Waals surface area contributed by atoms with Gasteiger partial charge in [-0.05, 0) is 25.7 Å². The highest BCUT2D eigenvalue weighted by molar-refractivity contribution is 5.59. The number of aliphatic hydroxyl groups is 1. The predicted molar refractivity (Wildman–Crippen MR) is 73.3 cm³/mol. The molecule has 1 heterocycles. The van der Waals surface area contributed by atoms with Gasteiger partial charge in [-0.25, -0.2) is 4.68 Å². The number of aliphatic hydroxyl groups excluding tert-OH is 1. The van der Waals surface area contributed by atoms with Crippen LogP contribution in [0.1, 0.15) is 38.3 Å². The van der Waals surface area contributed by atoms with Crippen LogP contribution in [0.15, 0.2) is 0 Å². The van der Waals surface area contributed by atoms with Crippen LogP contribution >= 0.6 is 0 Å². The third-order valence-corrected chi connectivity index (χ3v) is 2.89. The van der Waals surface area contributed by atoms with Crippen molar-refractivity contribution in [2.24, 2.45) is 7.05 Å². The second-order valence-electron chi connectivity index (χ2n) is 4.49. The number of nitrogens with zero attached hydrogens (tertiary/aromatic N) is 3. The van der Waals surface area contributed by atoms with E-state index in [2.05, 4.69) is 10.4 Å². The lowest BCUT2D eigenvalue weighted by atomic mass is 10.2. The molecule has 0 aliphatic heterocycles. The van der Waals surface area contributed by atoms with Crippen molar-refractivity contribution < 1.29 is 10.0 Å². The molecule has 1 aromatic rings. The highest BCUT2D eigenvalue weighted by atomic mass is 16.6. The van der Waals surface area contributed by atoms with Crippen LogP contribution in [0.2, 0.25) is 0 Å². The molecule has 0 spiro atoms. The van der Waals surface area contributed by atoms with Gasteiger partial charge in [0, 0.05) is 20.2 Å². The number of hydrogen-bond donors (Lipinski definition) is 2. The van der Waals surface area contributed by atoms with E-state index >= 15 is 0 Å². The largest absolute Gasteiger partial charge is 0.396 e. The third kappa shape index (κ3) is 4.20. The number of aromatic nitrogens is 2. The van der Waals surface area contributed by atoms with E-state index in [0.29, 0.717) is 24.5 Å². The van der Waals surface area contributed by atoms with Gasteiger partial charge in [0.2, 0.25) is 5.82 Å². The van der Waals surface area contributed by atoms with E-state index in [9.17, 15) is 10.1 Å². The average molecular weight is 270 g/mol. The topological polar surface area (TPSA) is 93.2 Å². The zero-order valence-corrected chi connectivity index (χ0v) is 11.6. The molecule has 7 heteroatoms. The molecule has 0 aliphatic rings. The number of hydrogen-bond acceptors (Lipinski definition) is 5. The molecule has 1 aromatic heterocycles. The van der Waals surface area contributed by atoms with E-state index in [-0.39, 0.29) is 17.2 Å². The van der Waals surface area contributed by atoms with Crippen LogP contribution in [0.25, 0.3) is 0 Å². The van der Waals surface area contributed by atoms with Crippen LogP contribution in [0.4, 0.5) is 11.5 Å². The normalized spacial score (nSPS) is 10.7. The minimum atomic E-state index is -0.367. The molecule has 0 amide bonds. The Kier molecular flexibility index (Phi) is 6.27. The van der Waals surface area contributed by atoms with E-state index in [0.717, 1.165) is 25.7 Å². The maximum atomic E-state index is 11.1. The molecule has 0 aromatic carbocycles. The second kappa shape index (κ2) is 7.73. The van der Waals surface area contributed by atoms with Gasteiger partial charge in [0.1, 0.15) is 5.69 Å². The van der Waals surface area contributed by atoms with Gasteiger partial charge < -0.3 is 10.4 Å². The maximum absolute atomic E-state index is 11.1. The Labute approximate surface area is 112 Å². The molecule has 0 saturated heterocycles. The molecule has 0 radical (unpaired) electrons. The van der Waals surface area contributed by atoms with Gasteiger partial charge in [-0.2, -0.15) is 5.10 Å². The Bertz CT molecular complexity index is 417. The Morgan fingerprint density at radius 3 is 2.74 bits per heavy atom. The Morgan fingerprint density at radius 2 is 2.16 bits per heavy atom. The molecule has 0 aliphatic carbocycles. The number of anilines is 1. The zero-order chi connectivity index (χ0) is 14.3. The highest BCUT2D eigenvalue weighted by Crippen LogP contribution is 2.28. The molecule has 0 bridgehead atoms. The quantitative estimate of drug-likeness (QED) is 0.406. The van der Waals surface area contributed by atoms with E-state index in [1.807, 2.05) is 6.92 Å². The van der Waals surface area contributed by atoms with Crippen LogP contribution in [0.3, 0.4) is 0 Å². The summed E-state index contributed by atoms with van der Waals surface area (Å²) >= 11 is 0. The summed E-state index contributed by atoms with van der Waals surface area (Å²) in [5.74, 6) is 0.470. The summed E-state index contributed by atoms with van der Waals surface area (Å²) in [7, 11) is 1.71. The standard InChI is InChI=1S/C12H22N4O3/c1-3-7-10-11(16(18)19)12(15(2)14-10)13-8-5-4-6-9-17/h13,17H,3-9H2,1-2H3. The van der Waals surface area contributed by atoms with Gasteiger partial charge in [0.25, 0.3) is 0 Å². The molecular weight excluding hydrogens is 248 g/mol. The predicted octanol–water partition coefficient (Wildman–Crippen LogP) is 1.86. The molecular formula is C12H22N4O3. The number of nitrogens with one attached hydrogen (secondary N) is 1. The summed E-state index contributed by atoms with van der Waals surface area (Å²) in [5.41, 5.74) is 0.624. The SMILES string of the molecule is CCCc1nn(C)c(NCCCCCO)c1[N+](=O)[O-]. The molecule has 0 atom stereocenters. The molecule has 2 N–H and O–H groups in total. The van der Waals surface area contributed by atoms with Crippen molar-refractivity contribution in [3.63, 3.8) is 0 Å². The minimum Gasteiger partial charge on any atom is -0.396 e. The Balaban J connectivity index is 2.72. The van der Waals surface area contributed by atoms with Crippen LogP contribution in [-0.2, 0) is 13.5 Å². The molecule has 0 unspecified atom stereocenters. The van der Waals surface area contributed by atoms with E-state index in [1.54, 1.807) is 7.05 Å². The molecule has 7 nitrogen and oxygen atoms in total. The fourth-order valence-corrected chi connectivity index (χ4v) is 1.98. The fourth-order valence-electron chi connectivity index (χ4n) is 1.98.